The molecule has 0 spiro atoms. The third-order valence-corrected chi connectivity index (χ3v) is 4.70. The molecule has 0 radical (unpaired) electrons. The number of nitrogens with one attached hydrogen (secondary N) is 1. The summed E-state index contributed by atoms with van der Waals surface area (Å²) in [5.41, 5.74) is -0.313. The molecule has 1 aliphatic carbocycles. The van der Waals surface area contributed by atoms with Crippen LogP contribution < -0.4 is 5.32 Å². The molecule has 0 aromatic heterocycles. The van der Waals surface area contributed by atoms with Crippen molar-refractivity contribution in [3.05, 3.63) is 29.3 Å². The van der Waals surface area contributed by atoms with Crippen LogP contribution in [0.4, 0.5) is 5.69 Å². The van der Waals surface area contributed by atoms with E-state index in [1.807, 2.05) is 0 Å². The number of hydrogen-bond acceptors (Lipinski definition) is 3. The highest BCUT2D eigenvalue weighted by Gasteiger charge is 2.58. The third kappa shape index (κ3) is 3.17. The van der Waals surface area contributed by atoms with E-state index in [1.165, 1.54) is 0 Å². The number of amides is 3. The molecule has 23 heavy (non-hydrogen) atoms. The van der Waals surface area contributed by atoms with Crippen LogP contribution in [0.3, 0.4) is 0 Å². The lowest BCUT2D eigenvalue weighted by Crippen LogP contribution is -2.52. The van der Waals surface area contributed by atoms with Crippen molar-refractivity contribution in [2.45, 2.75) is 12.8 Å². The first-order valence-electron chi connectivity index (χ1n) is 7.61. The van der Waals surface area contributed by atoms with E-state index in [1.54, 1.807) is 34.1 Å². The van der Waals surface area contributed by atoms with Crippen LogP contribution in [0, 0.1) is 5.41 Å². The summed E-state index contributed by atoms with van der Waals surface area (Å²) in [4.78, 5) is 39.3. The Morgan fingerprint density at radius 3 is 2.22 bits per heavy atom. The van der Waals surface area contributed by atoms with Gasteiger partial charge in [0.05, 0.1) is 0 Å². The van der Waals surface area contributed by atoms with Gasteiger partial charge < -0.3 is 15.1 Å². The predicted octanol–water partition coefficient (Wildman–Crippen LogP) is 1.36. The first kappa shape index (κ1) is 15.8. The van der Waals surface area contributed by atoms with Crippen LogP contribution >= 0.6 is 11.6 Å². The number of carbonyl (C=O) groups excluding carboxylic acids is 3. The minimum atomic E-state index is -0.941. The van der Waals surface area contributed by atoms with E-state index in [0.29, 0.717) is 49.7 Å². The lowest BCUT2D eigenvalue weighted by atomic mass is 10.0. The van der Waals surface area contributed by atoms with Crippen molar-refractivity contribution in [3.8, 4) is 0 Å². The highest BCUT2D eigenvalue weighted by molar-refractivity contribution is 6.30. The number of piperazine rings is 1. The highest BCUT2D eigenvalue weighted by atomic mass is 35.5. The van der Waals surface area contributed by atoms with Crippen molar-refractivity contribution in [1.82, 2.24) is 9.80 Å². The molecule has 3 amide bonds. The Morgan fingerprint density at radius 1 is 1.09 bits per heavy atom. The Labute approximate surface area is 139 Å². The van der Waals surface area contributed by atoms with Gasteiger partial charge in [0.25, 0.3) is 0 Å². The zero-order chi connectivity index (χ0) is 16.4. The molecule has 1 saturated heterocycles. The number of halogens is 1. The quantitative estimate of drug-likeness (QED) is 0.667. The molecule has 1 aliphatic heterocycles. The summed E-state index contributed by atoms with van der Waals surface area (Å²) in [6, 6.07) is 6.81. The summed E-state index contributed by atoms with van der Waals surface area (Å²) < 4.78 is 0. The second-order valence-electron chi connectivity index (χ2n) is 5.98. The molecule has 0 unspecified atom stereocenters. The van der Waals surface area contributed by atoms with Gasteiger partial charge in [0.1, 0.15) is 5.41 Å². The van der Waals surface area contributed by atoms with Crippen LogP contribution in [-0.4, -0.2) is 54.2 Å². The summed E-state index contributed by atoms with van der Waals surface area (Å²) in [6.07, 6.45) is 1.93. The van der Waals surface area contributed by atoms with Gasteiger partial charge >= 0.3 is 0 Å². The molecule has 0 bridgehead atoms. The minimum Gasteiger partial charge on any atom is -0.342 e. The average molecular weight is 336 g/mol. The molecule has 1 aromatic rings. The summed E-state index contributed by atoms with van der Waals surface area (Å²) >= 11 is 5.82. The van der Waals surface area contributed by atoms with Crippen molar-refractivity contribution >= 4 is 35.5 Å². The number of anilines is 1. The average Bonchev–Trinajstić information content (AvgIpc) is 3.38. The Hall–Kier alpha value is -2.08. The molecule has 2 aliphatic rings. The summed E-state index contributed by atoms with van der Waals surface area (Å²) in [6.45, 7) is 2.00. The molecule has 7 heteroatoms. The van der Waals surface area contributed by atoms with Crippen LogP contribution in [0.5, 0.6) is 0 Å². The van der Waals surface area contributed by atoms with Crippen LogP contribution in [-0.2, 0) is 14.4 Å². The first-order valence-corrected chi connectivity index (χ1v) is 7.99. The molecule has 0 atom stereocenters. The van der Waals surface area contributed by atoms with Gasteiger partial charge in [-0.1, -0.05) is 11.6 Å². The lowest BCUT2D eigenvalue weighted by molar-refractivity contribution is -0.144. The van der Waals surface area contributed by atoms with Crippen LogP contribution in [0.1, 0.15) is 12.8 Å². The van der Waals surface area contributed by atoms with Crippen LogP contribution in [0.2, 0.25) is 5.02 Å². The Morgan fingerprint density at radius 2 is 1.70 bits per heavy atom. The van der Waals surface area contributed by atoms with Gasteiger partial charge in [-0.05, 0) is 37.1 Å². The Balaban J connectivity index is 1.64. The fourth-order valence-corrected chi connectivity index (χ4v) is 2.91. The monoisotopic (exact) mass is 335 g/mol. The zero-order valence-corrected chi connectivity index (χ0v) is 13.4. The van der Waals surface area contributed by atoms with E-state index < -0.39 is 5.41 Å². The molecule has 122 valence electrons. The molecular weight excluding hydrogens is 318 g/mol. The summed E-state index contributed by atoms with van der Waals surface area (Å²) in [7, 11) is 0. The predicted molar refractivity (Wildman–Crippen MR) is 86.0 cm³/mol. The maximum absolute atomic E-state index is 12.7. The second-order valence-corrected chi connectivity index (χ2v) is 6.41. The number of rotatable bonds is 4. The maximum Gasteiger partial charge on any atom is 0.240 e. The molecular formula is C16H18ClN3O3. The number of benzene rings is 1. The fourth-order valence-electron chi connectivity index (χ4n) is 2.78. The largest absolute Gasteiger partial charge is 0.342 e. The van der Waals surface area contributed by atoms with Crippen molar-refractivity contribution in [2.75, 3.05) is 31.5 Å². The standard InChI is InChI=1S/C16H18ClN3O3/c17-12-1-3-13(4-2-12)18-14(22)16(5-6-16)15(23)20-9-7-19(11-21)8-10-20/h1-4,11H,5-10H2,(H,18,22). The number of nitrogens with zero attached hydrogens (tertiary/aromatic N) is 2. The van der Waals surface area contributed by atoms with Crippen molar-refractivity contribution in [1.29, 1.82) is 0 Å². The van der Waals surface area contributed by atoms with E-state index in [0.717, 1.165) is 6.41 Å². The summed E-state index contributed by atoms with van der Waals surface area (Å²) in [5, 5.41) is 3.39. The van der Waals surface area contributed by atoms with Crippen molar-refractivity contribution in [2.24, 2.45) is 5.41 Å². The van der Waals surface area contributed by atoms with E-state index >= 15 is 0 Å². The van der Waals surface area contributed by atoms with E-state index in [4.69, 9.17) is 11.6 Å². The molecule has 1 N–H and O–H groups in total. The first-order chi connectivity index (χ1) is 11.0. The normalized spacial score (nSPS) is 19.2. The SMILES string of the molecule is O=CN1CCN(C(=O)C2(C(=O)Nc3ccc(Cl)cc3)CC2)CC1. The third-order valence-electron chi connectivity index (χ3n) is 4.45. The molecule has 2 fully saturated rings. The topological polar surface area (TPSA) is 69.7 Å². The fraction of sp³-hybridized carbons (Fsp3) is 0.438. The van der Waals surface area contributed by atoms with Gasteiger partial charge in [-0.15, -0.1) is 0 Å². The smallest absolute Gasteiger partial charge is 0.240 e. The number of carbonyl (C=O) groups is 3. The van der Waals surface area contributed by atoms with Gasteiger partial charge in [0.15, 0.2) is 0 Å². The van der Waals surface area contributed by atoms with Gasteiger partial charge in [0.2, 0.25) is 18.2 Å². The summed E-state index contributed by atoms with van der Waals surface area (Å²) in [5.74, 6) is -0.392. The van der Waals surface area contributed by atoms with Crippen LogP contribution in [0.15, 0.2) is 24.3 Å². The van der Waals surface area contributed by atoms with Gasteiger partial charge in [-0.25, -0.2) is 0 Å². The van der Waals surface area contributed by atoms with Gasteiger partial charge in [0, 0.05) is 36.9 Å². The lowest BCUT2D eigenvalue weighted by Gasteiger charge is -2.34. The van der Waals surface area contributed by atoms with E-state index in [2.05, 4.69) is 5.32 Å². The second kappa shape index (κ2) is 6.20. The van der Waals surface area contributed by atoms with Gasteiger partial charge in [-0.2, -0.15) is 0 Å². The van der Waals surface area contributed by atoms with Crippen LogP contribution in [0.25, 0.3) is 0 Å². The molecule has 3 rings (SSSR count). The van der Waals surface area contributed by atoms with Crippen molar-refractivity contribution in [3.63, 3.8) is 0 Å². The molecule has 1 saturated carbocycles. The molecule has 1 aromatic carbocycles. The Kier molecular flexibility index (Phi) is 4.26. The van der Waals surface area contributed by atoms with E-state index in [-0.39, 0.29) is 11.8 Å². The minimum absolute atomic E-state index is 0.130. The highest BCUT2D eigenvalue weighted by Crippen LogP contribution is 2.48. The van der Waals surface area contributed by atoms with E-state index in [9.17, 15) is 14.4 Å². The zero-order valence-electron chi connectivity index (χ0n) is 12.6. The van der Waals surface area contributed by atoms with Crippen molar-refractivity contribution < 1.29 is 14.4 Å². The molecule has 1 heterocycles. The molecule has 6 nitrogen and oxygen atoms in total. The number of hydrogen-bond donors (Lipinski definition) is 1. The Bertz CT molecular complexity index is 620. The van der Waals surface area contributed by atoms with Gasteiger partial charge in [-0.3, -0.25) is 14.4 Å². The maximum atomic E-state index is 12.7.